The molecule has 0 unspecified atom stereocenters. The van der Waals surface area contributed by atoms with Gasteiger partial charge in [0, 0.05) is 32.0 Å². The minimum atomic E-state index is -0.462. The van der Waals surface area contributed by atoms with E-state index in [4.69, 9.17) is 26.3 Å². The highest BCUT2D eigenvalue weighted by atomic mass is 35.5. The number of carbonyl (C=O) groups excluding carboxylic acids is 1. The van der Waals surface area contributed by atoms with Crippen molar-refractivity contribution in [2.24, 2.45) is 0 Å². The van der Waals surface area contributed by atoms with Gasteiger partial charge in [-0.2, -0.15) is 5.26 Å². The van der Waals surface area contributed by atoms with Gasteiger partial charge >= 0.3 is 0 Å². The molecule has 2 N–H and O–H groups in total. The van der Waals surface area contributed by atoms with E-state index < -0.39 is 12.2 Å². The number of nitrogens with one attached hydrogen (secondary N) is 2. The number of nitriles is 1. The number of hydrogen-bond donors (Lipinski definition) is 2. The maximum absolute atomic E-state index is 11.9. The van der Waals surface area contributed by atoms with Crippen LogP contribution in [0.4, 0.5) is 0 Å². The third kappa shape index (κ3) is 6.14. The van der Waals surface area contributed by atoms with Crippen LogP contribution < -0.4 is 10.6 Å². The molecule has 0 aliphatic carbocycles. The molecule has 1 amide bonds. The fourth-order valence-electron chi connectivity index (χ4n) is 1.55. The first-order valence-corrected chi connectivity index (χ1v) is 6.90. The smallest absolute Gasteiger partial charge is 0.263 e. The van der Waals surface area contributed by atoms with Crippen molar-refractivity contribution >= 4 is 17.5 Å². The average molecular weight is 324 g/mol. The molecule has 0 atom stereocenters. The molecule has 7 heteroatoms. The van der Waals surface area contributed by atoms with Crippen LogP contribution in [0.5, 0.6) is 0 Å². The Kier molecular flexibility index (Phi) is 8.00. The van der Waals surface area contributed by atoms with Crippen molar-refractivity contribution in [1.29, 1.82) is 5.26 Å². The molecule has 0 aliphatic rings. The van der Waals surface area contributed by atoms with Crippen molar-refractivity contribution < 1.29 is 14.3 Å². The Hall–Kier alpha value is -2.07. The Morgan fingerprint density at radius 2 is 2.00 bits per heavy atom. The van der Waals surface area contributed by atoms with Crippen LogP contribution in [-0.4, -0.2) is 33.0 Å². The Labute approximate surface area is 134 Å². The number of ether oxygens (including phenoxy) is 2. The summed E-state index contributed by atoms with van der Waals surface area (Å²) < 4.78 is 9.96. The Balaban J connectivity index is 2.50. The highest BCUT2D eigenvalue weighted by Gasteiger charge is 2.09. The molecule has 1 aromatic rings. The maximum Gasteiger partial charge on any atom is 0.263 e. The van der Waals surface area contributed by atoms with Gasteiger partial charge in [-0.3, -0.25) is 4.79 Å². The van der Waals surface area contributed by atoms with E-state index in [1.807, 2.05) is 6.07 Å². The highest BCUT2D eigenvalue weighted by Crippen LogP contribution is 2.09. The minimum Gasteiger partial charge on any atom is -0.385 e. The Bertz CT molecular complexity index is 548. The molecular weight excluding hydrogens is 306 g/mol. The van der Waals surface area contributed by atoms with Crippen LogP contribution in [0.15, 0.2) is 36.0 Å². The van der Waals surface area contributed by atoms with Crippen LogP contribution in [0.3, 0.4) is 0 Å². The third-order valence-corrected chi connectivity index (χ3v) is 3.04. The normalized spacial score (nSPS) is 11.1. The number of rotatable bonds is 8. The lowest BCUT2D eigenvalue weighted by Gasteiger charge is -2.12. The molecule has 1 rings (SSSR count). The number of nitrogens with zero attached hydrogens (tertiary/aromatic N) is 1. The molecule has 0 heterocycles. The van der Waals surface area contributed by atoms with E-state index in [-0.39, 0.29) is 5.57 Å². The summed E-state index contributed by atoms with van der Waals surface area (Å²) in [5.74, 6) is -0.462. The van der Waals surface area contributed by atoms with E-state index >= 15 is 0 Å². The number of benzene rings is 1. The van der Waals surface area contributed by atoms with Crippen molar-refractivity contribution in [3.8, 4) is 6.07 Å². The molecule has 0 saturated carbocycles. The summed E-state index contributed by atoms with van der Waals surface area (Å²) in [4.78, 5) is 11.9. The van der Waals surface area contributed by atoms with Crippen LogP contribution in [0.25, 0.3) is 0 Å². The highest BCUT2D eigenvalue weighted by molar-refractivity contribution is 6.30. The standard InChI is InChI=1S/C15H18ClN3O3/c1-21-14(22-2)10-18-9-12(7-17)15(20)19-8-11-3-5-13(16)6-4-11/h3-6,9,14,18H,8,10H2,1-2H3,(H,19,20)/b12-9-. The lowest BCUT2D eigenvalue weighted by Crippen LogP contribution is -2.29. The molecule has 0 bridgehead atoms. The molecule has 1 aromatic carbocycles. The zero-order valence-electron chi connectivity index (χ0n) is 12.4. The van der Waals surface area contributed by atoms with Gasteiger partial charge in [0.2, 0.25) is 0 Å². The Morgan fingerprint density at radius 3 is 2.55 bits per heavy atom. The molecule has 6 nitrogen and oxygen atoms in total. The van der Waals surface area contributed by atoms with Crippen LogP contribution in [0.2, 0.25) is 5.02 Å². The number of amides is 1. The predicted octanol–water partition coefficient (Wildman–Crippen LogP) is 1.57. The molecule has 22 heavy (non-hydrogen) atoms. The lowest BCUT2D eigenvalue weighted by molar-refractivity contribution is -0.117. The first kappa shape index (κ1) is 18.0. The van der Waals surface area contributed by atoms with Gasteiger partial charge in [0.25, 0.3) is 5.91 Å². The fraction of sp³-hybridized carbons (Fsp3) is 0.333. The molecule has 0 aromatic heterocycles. The minimum absolute atomic E-state index is 0.0279. The van der Waals surface area contributed by atoms with E-state index in [1.165, 1.54) is 20.4 Å². The van der Waals surface area contributed by atoms with Gasteiger partial charge in [-0.1, -0.05) is 23.7 Å². The van der Waals surface area contributed by atoms with Gasteiger partial charge in [-0.15, -0.1) is 0 Å². The van der Waals surface area contributed by atoms with Gasteiger partial charge in [0.1, 0.15) is 11.6 Å². The number of carbonyl (C=O) groups is 1. The molecule has 118 valence electrons. The van der Waals surface area contributed by atoms with E-state index in [0.717, 1.165) is 5.56 Å². The quantitative estimate of drug-likeness (QED) is 0.431. The van der Waals surface area contributed by atoms with Crippen molar-refractivity contribution in [1.82, 2.24) is 10.6 Å². The molecule has 0 radical (unpaired) electrons. The van der Waals surface area contributed by atoms with E-state index in [2.05, 4.69) is 10.6 Å². The van der Waals surface area contributed by atoms with Crippen molar-refractivity contribution in [2.45, 2.75) is 12.8 Å². The maximum atomic E-state index is 11.9. The summed E-state index contributed by atoms with van der Waals surface area (Å²) in [7, 11) is 3.01. The predicted molar refractivity (Wildman–Crippen MR) is 82.8 cm³/mol. The average Bonchev–Trinajstić information content (AvgIpc) is 2.54. The number of methoxy groups -OCH3 is 2. The van der Waals surface area contributed by atoms with Gasteiger partial charge in [0.15, 0.2) is 6.29 Å². The first-order valence-electron chi connectivity index (χ1n) is 6.52. The summed E-state index contributed by atoms with van der Waals surface area (Å²) in [5.41, 5.74) is 0.863. The van der Waals surface area contributed by atoms with Crippen LogP contribution >= 0.6 is 11.6 Å². The Morgan fingerprint density at radius 1 is 1.36 bits per heavy atom. The molecule has 0 fully saturated rings. The topological polar surface area (TPSA) is 83.4 Å². The molecule has 0 spiro atoms. The molecule has 0 aliphatic heterocycles. The van der Waals surface area contributed by atoms with E-state index in [0.29, 0.717) is 18.1 Å². The zero-order chi connectivity index (χ0) is 16.4. The van der Waals surface area contributed by atoms with Crippen molar-refractivity contribution in [2.75, 3.05) is 20.8 Å². The monoisotopic (exact) mass is 323 g/mol. The van der Waals surface area contributed by atoms with E-state index in [9.17, 15) is 4.79 Å². The van der Waals surface area contributed by atoms with E-state index in [1.54, 1.807) is 24.3 Å². The first-order chi connectivity index (χ1) is 10.6. The van der Waals surface area contributed by atoms with Crippen molar-refractivity contribution in [3.63, 3.8) is 0 Å². The van der Waals surface area contributed by atoms with Crippen LogP contribution in [0, 0.1) is 11.3 Å². The largest absolute Gasteiger partial charge is 0.385 e. The second-order valence-corrected chi connectivity index (χ2v) is 4.72. The number of hydrogen-bond acceptors (Lipinski definition) is 5. The van der Waals surface area contributed by atoms with Crippen LogP contribution in [-0.2, 0) is 20.8 Å². The lowest BCUT2D eigenvalue weighted by atomic mass is 10.2. The number of halogens is 1. The fourth-order valence-corrected chi connectivity index (χ4v) is 1.67. The summed E-state index contributed by atoms with van der Waals surface area (Å²) in [5, 5.41) is 15.1. The summed E-state index contributed by atoms with van der Waals surface area (Å²) in [6, 6.07) is 8.92. The van der Waals surface area contributed by atoms with Gasteiger partial charge in [-0.05, 0) is 17.7 Å². The third-order valence-electron chi connectivity index (χ3n) is 2.79. The van der Waals surface area contributed by atoms with Crippen molar-refractivity contribution in [3.05, 3.63) is 46.6 Å². The summed E-state index contributed by atoms with van der Waals surface area (Å²) in [6.07, 6.45) is 0.885. The van der Waals surface area contributed by atoms with Gasteiger partial charge < -0.3 is 20.1 Å². The molecular formula is C15H18ClN3O3. The van der Waals surface area contributed by atoms with Crippen LogP contribution in [0.1, 0.15) is 5.56 Å². The summed E-state index contributed by atoms with van der Waals surface area (Å²) in [6.45, 7) is 0.635. The summed E-state index contributed by atoms with van der Waals surface area (Å²) >= 11 is 5.79. The van der Waals surface area contributed by atoms with Gasteiger partial charge in [-0.25, -0.2) is 0 Å². The zero-order valence-corrected chi connectivity index (χ0v) is 13.2. The second-order valence-electron chi connectivity index (χ2n) is 4.29. The molecule has 0 saturated heterocycles. The SMILES string of the molecule is COC(CN/C=C(/C#N)C(=O)NCc1ccc(Cl)cc1)OC. The van der Waals surface area contributed by atoms with Gasteiger partial charge in [0.05, 0.1) is 6.54 Å². The second kappa shape index (κ2) is 9.79.